The van der Waals surface area contributed by atoms with Crippen LogP contribution in [-0.4, -0.2) is 22.4 Å². The number of carbonyl (C=O) groups excluding carboxylic acids is 1. The molecule has 0 bridgehead atoms. The first-order valence-corrected chi connectivity index (χ1v) is 8.64. The van der Waals surface area contributed by atoms with Gasteiger partial charge in [-0.2, -0.15) is 5.26 Å². The lowest BCUT2D eigenvalue weighted by atomic mass is 10.1. The summed E-state index contributed by atoms with van der Waals surface area (Å²) in [6.07, 6.45) is 3.55. The maximum Gasteiger partial charge on any atom is 0.271 e. The van der Waals surface area contributed by atoms with E-state index in [1.165, 1.54) is 12.4 Å². The average molecular weight is 378 g/mol. The lowest BCUT2D eigenvalue weighted by molar-refractivity contribution is 0.0949. The number of benzene rings is 2. The third-order valence-corrected chi connectivity index (χ3v) is 4.06. The van der Waals surface area contributed by atoms with Crippen LogP contribution in [0.3, 0.4) is 0 Å². The third kappa shape index (κ3) is 5.03. The van der Waals surface area contributed by atoms with Crippen LogP contribution in [0.1, 0.15) is 21.6 Å². The van der Waals surface area contributed by atoms with Gasteiger partial charge in [0.1, 0.15) is 17.6 Å². The molecule has 2 N–H and O–H groups in total. The predicted octanol–water partition coefficient (Wildman–Crippen LogP) is 3.72. The minimum atomic E-state index is -0.291. The molecule has 3 rings (SSSR count). The molecule has 0 atom stereocenters. The van der Waals surface area contributed by atoms with Crippen LogP contribution in [0.4, 0.5) is 11.5 Å². The minimum absolute atomic E-state index is 0.227. The Bertz CT molecular complexity index is 965. The first-order chi connectivity index (χ1) is 13.2. The topological polar surface area (TPSA) is 90.7 Å². The van der Waals surface area contributed by atoms with Gasteiger partial charge in [-0.05, 0) is 36.2 Å². The average Bonchev–Trinajstić information content (AvgIpc) is 2.70. The Labute approximate surface area is 161 Å². The maximum atomic E-state index is 12.2. The van der Waals surface area contributed by atoms with Crippen molar-refractivity contribution in [1.29, 1.82) is 5.26 Å². The van der Waals surface area contributed by atoms with Crippen molar-refractivity contribution in [3.8, 4) is 6.07 Å². The van der Waals surface area contributed by atoms with E-state index in [0.717, 1.165) is 5.56 Å². The lowest BCUT2D eigenvalue weighted by Gasteiger charge is -2.08. The molecule has 2 aromatic carbocycles. The fraction of sp³-hybridized carbons (Fsp3) is 0.100. The molecule has 0 saturated heterocycles. The molecule has 6 nitrogen and oxygen atoms in total. The van der Waals surface area contributed by atoms with Gasteiger partial charge in [-0.15, -0.1) is 0 Å². The number of nitrogens with one attached hydrogen (secondary N) is 2. The molecule has 0 saturated carbocycles. The summed E-state index contributed by atoms with van der Waals surface area (Å²) in [5.74, 6) is 0.163. The molecular weight excluding hydrogens is 362 g/mol. The van der Waals surface area contributed by atoms with Crippen molar-refractivity contribution >= 4 is 29.0 Å². The van der Waals surface area contributed by atoms with E-state index < -0.39 is 0 Å². The molecule has 0 spiro atoms. The number of para-hydroxylation sites is 1. The lowest BCUT2D eigenvalue weighted by Crippen LogP contribution is -2.26. The van der Waals surface area contributed by atoms with Gasteiger partial charge in [0.2, 0.25) is 0 Å². The van der Waals surface area contributed by atoms with Gasteiger partial charge >= 0.3 is 0 Å². The summed E-state index contributed by atoms with van der Waals surface area (Å²) in [6.45, 7) is 0.484. The van der Waals surface area contributed by atoms with E-state index in [4.69, 9.17) is 16.9 Å². The quantitative estimate of drug-likeness (QED) is 0.683. The number of hydrogen-bond acceptors (Lipinski definition) is 5. The van der Waals surface area contributed by atoms with Crippen molar-refractivity contribution in [3.63, 3.8) is 0 Å². The first kappa shape index (κ1) is 18.4. The Morgan fingerprint density at radius 1 is 1.07 bits per heavy atom. The van der Waals surface area contributed by atoms with E-state index in [2.05, 4.69) is 26.7 Å². The fourth-order valence-corrected chi connectivity index (χ4v) is 2.53. The highest BCUT2D eigenvalue weighted by Crippen LogP contribution is 2.18. The summed E-state index contributed by atoms with van der Waals surface area (Å²) in [6, 6.07) is 16.7. The number of hydrogen-bond donors (Lipinski definition) is 2. The first-order valence-electron chi connectivity index (χ1n) is 8.26. The summed E-state index contributed by atoms with van der Waals surface area (Å²) in [5, 5.41) is 15.6. The number of aromatic nitrogens is 2. The smallest absolute Gasteiger partial charge is 0.271 e. The summed E-state index contributed by atoms with van der Waals surface area (Å²) >= 11 is 5.85. The van der Waals surface area contributed by atoms with Crippen molar-refractivity contribution in [2.45, 2.75) is 6.42 Å². The summed E-state index contributed by atoms with van der Waals surface area (Å²) in [5.41, 5.74) is 2.45. The molecular formula is C20H16ClN5O. The summed E-state index contributed by atoms with van der Waals surface area (Å²) < 4.78 is 0. The van der Waals surface area contributed by atoms with Crippen LogP contribution in [0.2, 0.25) is 5.02 Å². The van der Waals surface area contributed by atoms with Gasteiger partial charge in [0.05, 0.1) is 23.6 Å². The zero-order valence-corrected chi connectivity index (χ0v) is 15.1. The number of anilines is 2. The van der Waals surface area contributed by atoms with E-state index in [1.807, 2.05) is 30.3 Å². The molecule has 0 radical (unpaired) electrons. The SMILES string of the molecule is N#Cc1ccccc1Nc1cnc(C(=O)NCCc2ccc(Cl)cc2)cn1. The fourth-order valence-electron chi connectivity index (χ4n) is 2.40. The van der Waals surface area contributed by atoms with Crippen molar-refractivity contribution in [2.24, 2.45) is 0 Å². The monoisotopic (exact) mass is 377 g/mol. The van der Waals surface area contributed by atoms with Crippen LogP contribution in [0.25, 0.3) is 0 Å². The van der Waals surface area contributed by atoms with Gasteiger partial charge in [-0.1, -0.05) is 35.9 Å². The number of amides is 1. The third-order valence-electron chi connectivity index (χ3n) is 3.81. The predicted molar refractivity (Wildman–Crippen MR) is 104 cm³/mol. The normalized spacial score (nSPS) is 10.1. The van der Waals surface area contributed by atoms with Crippen LogP contribution < -0.4 is 10.6 Å². The second-order valence-corrected chi connectivity index (χ2v) is 6.14. The molecule has 0 unspecified atom stereocenters. The van der Waals surface area contributed by atoms with Crippen LogP contribution >= 0.6 is 11.6 Å². The molecule has 1 aromatic heterocycles. The Morgan fingerprint density at radius 2 is 1.85 bits per heavy atom. The van der Waals surface area contributed by atoms with E-state index in [1.54, 1.807) is 18.2 Å². The number of rotatable bonds is 6. The number of nitriles is 1. The largest absolute Gasteiger partial charge is 0.350 e. The molecule has 27 heavy (non-hydrogen) atoms. The minimum Gasteiger partial charge on any atom is -0.350 e. The van der Waals surface area contributed by atoms with E-state index in [9.17, 15) is 4.79 Å². The van der Waals surface area contributed by atoms with Crippen LogP contribution in [-0.2, 0) is 6.42 Å². The van der Waals surface area contributed by atoms with Crippen molar-refractivity contribution in [3.05, 3.63) is 82.8 Å². The number of carbonyl (C=O) groups is 1. The van der Waals surface area contributed by atoms with Crippen molar-refractivity contribution < 1.29 is 4.79 Å². The Balaban J connectivity index is 1.55. The Morgan fingerprint density at radius 3 is 2.56 bits per heavy atom. The van der Waals surface area contributed by atoms with Gasteiger partial charge < -0.3 is 10.6 Å². The second kappa shape index (κ2) is 8.79. The van der Waals surface area contributed by atoms with Crippen molar-refractivity contribution in [2.75, 3.05) is 11.9 Å². The second-order valence-electron chi connectivity index (χ2n) is 5.70. The molecule has 1 heterocycles. The van der Waals surface area contributed by atoms with Gasteiger partial charge in [0, 0.05) is 11.6 Å². The standard InChI is InChI=1S/C20H16ClN5O/c21-16-7-5-14(6-8-16)9-10-23-20(27)18-12-25-19(13-24-18)26-17-4-2-1-3-15(17)11-22/h1-8,12-13H,9-10H2,(H,23,27)(H,25,26). The Hall–Kier alpha value is -3.43. The molecule has 1 amide bonds. The molecule has 7 heteroatoms. The molecule has 134 valence electrons. The van der Waals surface area contributed by atoms with E-state index in [-0.39, 0.29) is 11.6 Å². The van der Waals surface area contributed by atoms with Gasteiger partial charge in [0.25, 0.3) is 5.91 Å². The van der Waals surface area contributed by atoms with E-state index in [0.29, 0.717) is 35.1 Å². The highest BCUT2D eigenvalue weighted by atomic mass is 35.5. The van der Waals surface area contributed by atoms with Crippen LogP contribution in [0.15, 0.2) is 60.9 Å². The molecule has 0 fully saturated rings. The zero-order chi connectivity index (χ0) is 19.1. The highest BCUT2D eigenvalue weighted by molar-refractivity contribution is 6.30. The molecule has 0 aliphatic rings. The number of nitrogens with zero attached hydrogens (tertiary/aromatic N) is 3. The highest BCUT2D eigenvalue weighted by Gasteiger charge is 2.08. The summed E-state index contributed by atoms with van der Waals surface area (Å²) in [7, 11) is 0. The molecule has 3 aromatic rings. The van der Waals surface area contributed by atoms with Gasteiger partial charge in [0.15, 0.2) is 0 Å². The van der Waals surface area contributed by atoms with Gasteiger partial charge in [-0.25, -0.2) is 9.97 Å². The molecule has 0 aliphatic heterocycles. The molecule has 0 aliphatic carbocycles. The van der Waals surface area contributed by atoms with Gasteiger partial charge in [-0.3, -0.25) is 4.79 Å². The summed E-state index contributed by atoms with van der Waals surface area (Å²) in [4.78, 5) is 20.5. The van der Waals surface area contributed by atoms with Crippen LogP contribution in [0, 0.1) is 11.3 Å². The Kier molecular flexibility index (Phi) is 5.98. The maximum absolute atomic E-state index is 12.2. The van der Waals surface area contributed by atoms with E-state index >= 15 is 0 Å². The number of halogens is 1. The van der Waals surface area contributed by atoms with Crippen molar-refractivity contribution in [1.82, 2.24) is 15.3 Å². The van der Waals surface area contributed by atoms with Crippen LogP contribution in [0.5, 0.6) is 0 Å². The zero-order valence-electron chi connectivity index (χ0n) is 14.3.